The van der Waals surface area contributed by atoms with Gasteiger partial charge in [0.25, 0.3) is 0 Å². The van der Waals surface area contributed by atoms with Crippen molar-refractivity contribution in [3.8, 4) is 16.3 Å². The van der Waals surface area contributed by atoms with Gasteiger partial charge in [-0.05, 0) is 67.1 Å². The number of ether oxygens (including phenoxy) is 1. The van der Waals surface area contributed by atoms with Gasteiger partial charge < -0.3 is 9.64 Å². The number of methoxy groups -OCH3 is 1. The Bertz CT molecular complexity index is 1170. The molecule has 0 atom stereocenters. The summed E-state index contributed by atoms with van der Waals surface area (Å²) >= 11 is 1.63. The molecule has 0 saturated carbocycles. The number of hydrogen-bond acceptors (Lipinski definition) is 7. The fourth-order valence-corrected chi connectivity index (χ4v) is 6.43. The molecule has 0 aliphatic carbocycles. The molecule has 0 bridgehead atoms. The Hall–Kier alpha value is -2.49. The smallest absolute Gasteiger partial charge is 0.243 e. The summed E-state index contributed by atoms with van der Waals surface area (Å²) < 4.78 is 33.7. The molecule has 3 aromatic rings. The first-order chi connectivity index (χ1) is 14.8. The highest BCUT2D eigenvalue weighted by molar-refractivity contribution is 7.89. The monoisotopic (exact) mass is 458 g/mol. The van der Waals surface area contributed by atoms with Crippen LogP contribution in [0.1, 0.15) is 16.7 Å². The number of benzene rings is 1. The van der Waals surface area contributed by atoms with Crippen molar-refractivity contribution in [2.75, 3.05) is 38.2 Å². The Morgan fingerprint density at radius 3 is 2.32 bits per heavy atom. The molecular weight excluding hydrogens is 432 g/mol. The van der Waals surface area contributed by atoms with Gasteiger partial charge in [0, 0.05) is 26.2 Å². The predicted molar refractivity (Wildman–Crippen MR) is 124 cm³/mol. The molecule has 7 nitrogen and oxygen atoms in total. The highest BCUT2D eigenvalue weighted by Gasteiger charge is 2.31. The van der Waals surface area contributed by atoms with Crippen LogP contribution in [0.3, 0.4) is 0 Å². The van der Waals surface area contributed by atoms with Crippen LogP contribution in [0.2, 0.25) is 0 Å². The van der Waals surface area contributed by atoms with Gasteiger partial charge in [-0.1, -0.05) is 6.07 Å². The van der Waals surface area contributed by atoms with E-state index in [1.165, 1.54) is 0 Å². The van der Waals surface area contributed by atoms with E-state index in [1.54, 1.807) is 28.8 Å². The lowest BCUT2D eigenvalue weighted by Crippen LogP contribution is -2.49. The highest BCUT2D eigenvalue weighted by atomic mass is 32.2. The predicted octanol–water partition coefficient (Wildman–Crippen LogP) is 3.65. The molecule has 2 aromatic heterocycles. The lowest BCUT2D eigenvalue weighted by molar-refractivity contribution is 0.382. The summed E-state index contributed by atoms with van der Waals surface area (Å²) in [6.45, 7) is 7.56. The molecule has 4 rings (SSSR count). The van der Waals surface area contributed by atoms with Crippen LogP contribution >= 0.6 is 11.3 Å². The molecule has 0 N–H and O–H groups in total. The maximum Gasteiger partial charge on any atom is 0.243 e. The van der Waals surface area contributed by atoms with Crippen LogP contribution < -0.4 is 9.64 Å². The van der Waals surface area contributed by atoms with Crippen LogP contribution in [0.25, 0.3) is 10.6 Å². The molecule has 0 radical (unpaired) electrons. The molecule has 1 aliphatic rings. The number of nitrogens with zero attached hydrogens (tertiary/aromatic N) is 4. The number of aryl methyl sites for hydroxylation is 1. The van der Waals surface area contributed by atoms with Crippen LogP contribution in [-0.4, -0.2) is 56.2 Å². The largest absolute Gasteiger partial charge is 0.496 e. The molecule has 3 heterocycles. The van der Waals surface area contributed by atoms with Crippen LogP contribution in [-0.2, 0) is 10.0 Å². The van der Waals surface area contributed by atoms with E-state index in [1.807, 2.05) is 50.4 Å². The molecule has 9 heteroatoms. The average Bonchev–Trinajstić information content (AvgIpc) is 3.32. The van der Waals surface area contributed by atoms with Crippen molar-refractivity contribution >= 4 is 27.2 Å². The summed E-state index contributed by atoms with van der Waals surface area (Å²) in [7, 11) is -1.98. The number of thiophene rings is 1. The molecule has 0 unspecified atom stereocenters. The van der Waals surface area contributed by atoms with E-state index in [2.05, 4.69) is 15.1 Å². The third-order valence-electron chi connectivity index (χ3n) is 5.79. The molecule has 1 aromatic carbocycles. The summed E-state index contributed by atoms with van der Waals surface area (Å²) in [4.78, 5) is 3.52. The van der Waals surface area contributed by atoms with E-state index >= 15 is 0 Å². The molecule has 1 aliphatic heterocycles. The zero-order chi connectivity index (χ0) is 22.2. The second-order valence-corrected chi connectivity index (χ2v) is 10.5. The van der Waals surface area contributed by atoms with Gasteiger partial charge in [-0.25, -0.2) is 8.42 Å². The lowest BCUT2D eigenvalue weighted by Gasteiger charge is -2.34. The summed E-state index contributed by atoms with van der Waals surface area (Å²) in [5.74, 6) is 1.51. The van der Waals surface area contributed by atoms with Gasteiger partial charge in [-0.15, -0.1) is 21.5 Å². The third kappa shape index (κ3) is 4.05. The van der Waals surface area contributed by atoms with Crippen LogP contribution in [0.15, 0.2) is 40.6 Å². The standard InChI is InChI=1S/C22H26N4O3S2/c1-15-14-20(16(2)17(3)22(15)29-4)31(27,28)26-11-9-25(10-12-26)21-8-7-18(23-24-21)19-6-5-13-30-19/h5-8,13-14H,9-12H2,1-4H3. The number of aromatic nitrogens is 2. The zero-order valence-electron chi connectivity index (χ0n) is 18.1. The zero-order valence-corrected chi connectivity index (χ0v) is 19.8. The van der Waals surface area contributed by atoms with Crippen molar-refractivity contribution in [3.63, 3.8) is 0 Å². The van der Waals surface area contributed by atoms with E-state index in [4.69, 9.17) is 4.74 Å². The normalized spacial score (nSPS) is 15.3. The average molecular weight is 459 g/mol. The minimum absolute atomic E-state index is 0.358. The van der Waals surface area contributed by atoms with Crippen LogP contribution in [0, 0.1) is 20.8 Å². The van der Waals surface area contributed by atoms with Crippen molar-refractivity contribution in [3.05, 3.63) is 52.4 Å². The van der Waals surface area contributed by atoms with Crippen molar-refractivity contribution in [2.45, 2.75) is 25.7 Å². The first-order valence-electron chi connectivity index (χ1n) is 10.1. The van der Waals surface area contributed by atoms with Crippen molar-refractivity contribution < 1.29 is 13.2 Å². The number of anilines is 1. The Labute approximate surface area is 187 Å². The van der Waals surface area contributed by atoms with E-state index < -0.39 is 10.0 Å². The molecule has 0 amide bonds. The van der Waals surface area contributed by atoms with Crippen LogP contribution in [0.4, 0.5) is 5.82 Å². The quantitative estimate of drug-likeness (QED) is 0.581. The summed E-state index contributed by atoms with van der Waals surface area (Å²) in [5, 5.41) is 10.7. The van der Waals surface area contributed by atoms with Crippen molar-refractivity contribution in [1.82, 2.24) is 14.5 Å². The van der Waals surface area contributed by atoms with E-state index in [9.17, 15) is 8.42 Å². The molecular formula is C22H26N4O3S2. The molecule has 31 heavy (non-hydrogen) atoms. The molecule has 164 valence electrons. The van der Waals surface area contributed by atoms with Gasteiger partial charge in [0.2, 0.25) is 10.0 Å². The van der Waals surface area contributed by atoms with Crippen LogP contribution in [0.5, 0.6) is 5.75 Å². The van der Waals surface area contributed by atoms with Gasteiger partial charge >= 0.3 is 0 Å². The second-order valence-electron chi connectivity index (χ2n) is 7.62. The Morgan fingerprint density at radius 1 is 1.00 bits per heavy atom. The summed E-state index contributed by atoms with van der Waals surface area (Å²) in [6, 6.07) is 9.64. The second kappa shape index (κ2) is 8.57. The van der Waals surface area contributed by atoms with Gasteiger partial charge in [0.05, 0.1) is 16.9 Å². The lowest BCUT2D eigenvalue weighted by atomic mass is 10.1. The van der Waals surface area contributed by atoms with Crippen molar-refractivity contribution in [1.29, 1.82) is 0 Å². The fraction of sp³-hybridized carbons (Fsp3) is 0.364. The molecule has 1 fully saturated rings. The Kier molecular flexibility index (Phi) is 6.00. The number of sulfonamides is 1. The van der Waals surface area contributed by atoms with Gasteiger partial charge in [-0.3, -0.25) is 0 Å². The SMILES string of the molecule is COc1c(C)cc(S(=O)(=O)N2CCN(c3ccc(-c4cccs4)nn3)CC2)c(C)c1C. The van der Waals surface area contributed by atoms with Gasteiger partial charge in [-0.2, -0.15) is 4.31 Å². The van der Waals surface area contributed by atoms with Gasteiger partial charge in [0.15, 0.2) is 5.82 Å². The third-order valence-corrected chi connectivity index (χ3v) is 8.70. The van der Waals surface area contributed by atoms with E-state index in [0.717, 1.165) is 38.8 Å². The maximum atomic E-state index is 13.4. The summed E-state index contributed by atoms with van der Waals surface area (Å²) in [5.41, 5.74) is 3.27. The first-order valence-corrected chi connectivity index (χ1v) is 12.4. The maximum absolute atomic E-state index is 13.4. The van der Waals surface area contributed by atoms with E-state index in [-0.39, 0.29) is 0 Å². The number of hydrogen-bond donors (Lipinski definition) is 0. The fourth-order valence-electron chi connectivity index (χ4n) is 3.95. The molecule has 0 spiro atoms. The van der Waals surface area contributed by atoms with Crippen molar-refractivity contribution in [2.24, 2.45) is 0 Å². The topological polar surface area (TPSA) is 75.6 Å². The van der Waals surface area contributed by atoms with E-state index in [0.29, 0.717) is 31.1 Å². The van der Waals surface area contributed by atoms with Gasteiger partial charge in [0.1, 0.15) is 11.4 Å². The Balaban J connectivity index is 1.50. The Morgan fingerprint density at radius 2 is 1.74 bits per heavy atom. The first kappa shape index (κ1) is 21.7. The highest BCUT2D eigenvalue weighted by Crippen LogP contribution is 2.33. The minimum atomic E-state index is -3.59. The number of piperazine rings is 1. The summed E-state index contributed by atoms with van der Waals surface area (Å²) in [6.07, 6.45) is 0. The number of rotatable bonds is 5. The molecule has 1 saturated heterocycles. The minimum Gasteiger partial charge on any atom is -0.496 e.